The Balaban J connectivity index is 2.45. The molecular formula is C12H21N3. The Morgan fingerprint density at radius 2 is 1.87 bits per heavy atom. The SMILES string of the molecule is CCCNCCC(C)(C)c1cncnc1. The van der Waals surface area contributed by atoms with Gasteiger partial charge in [0.2, 0.25) is 0 Å². The van der Waals surface area contributed by atoms with Gasteiger partial charge in [-0.1, -0.05) is 20.8 Å². The van der Waals surface area contributed by atoms with Crippen LogP contribution in [0.2, 0.25) is 0 Å². The summed E-state index contributed by atoms with van der Waals surface area (Å²) in [5, 5.41) is 3.42. The van der Waals surface area contributed by atoms with E-state index in [0.717, 1.165) is 19.5 Å². The van der Waals surface area contributed by atoms with E-state index in [0.29, 0.717) is 0 Å². The highest BCUT2D eigenvalue weighted by Crippen LogP contribution is 2.24. The molecule has 0 aliphatic carbocycles. The lowest BCUT2D eigenvalue weighted by atomic mass is 9.83. The Labute approximate surface area is 92.3 Å². The van der Waals surface area contributed by atoms with Gasteiger partial charge in [0.05, 0.1) is 0 Å². The molecular weight excluding hydrogens is 186 g/mol. The quantitative estimate of drug-likeness (QED) is 0.726. The second-order valence-electron chi connectivity index (χ2n) is 4.51. The summed E-state index contributed by atoms with van der Waals surface area (Å²) in [5.41, 5.74) is 1.37. The van der Waals surface area contributed by atoms with Crippen molar-refractivity contribution in [2.45, 2.75) is 39.0 Å². The highest BCUT2D eigenvalue weighted by Gasteiger charge is 2.20. The molecule has 3 heteroatoms. The van der Waals surface area contributed by atoms with Crippen LogP contribution in [0.1, 0.15) is 39.2 Å². The fourth-order valence-electron chi connectivity index (χ4n) is 1.50. The van der Waals surface area contributed by atoms with E-state index in [2.05, 4.69) is 36.1 Å². The van der Waals surface area contributed by atoms with Gasteiger partial charge in [-0.05, 0) is 36.9 Å². The predicted molar refractivity (Wildman–Crippen MR) is 62.8 cm³/mol. The van der Waals surface area contributed by atoms with Gasteiger partial charge in [-0.2, -0.15) is 0 Å². The molecule has 0 bridgehead atoms. The zero-order valence-electron chi connectivity index (χ0n) is 9.95. The molecule has 1 aromatic rings. The first kappa shape index (κ1) is 12.1. The minimum Gasteiger partial charge on any atom is -0.317 e. The van der Waals surface area contributed by atoms with E-state index in [9.17, 15) is 0 Å². The van der Waals surface area contributed by atoms with Gasteiger partial charge in [0, 0.05) is 12.4 Å². The minimum absolute atomic E-state index is 0.155. The molecule has 0 unspecified atom stereocenters. The van der Waals surface area contributed by atoms with Crippen molar-refractivity contribution in [2.75, 3.05) is 13.1 Å². The number of nitrogens with zero attached hydrogens (tertiary/aromatic N) is 2. The number of aromatic nitrogens is 2. The van der Waals surface area contributed by atoms with Crippen molar-refractivity contribution in [3.63, 3.8) is 0 Å². The van der Waals surface area contributed by atoms with Crippen LogP contribution in [0.3, 0.4) is 0 Å². The Morgan fingerprint density at radius 3 is 2.47 bits per heavy atom. The van der Waals surface area contributed by atoms with Crippen molar-refractivity contribution in [1.29, 1.82) is 0 Å². The smallest absolute Gasteiger partial charge is 0.115 e. The summed E-state index contributed by atoms with van der Waals surface area (Å²) < 4.78 is 0. The fourth-order valence-corrected chi connectivity index (χ4v) is 1.50. The van der Waals surface area contributed by atoms with E-state index in [1.54, 1.807) is 6.33 Å². The summed E-state index contributed by atoms with van der Waals surface area (Å²) in [4.78, 5) is 8.13. The van der Waals surface area contributed by atoms with Crippen LogP contribution in [-0.4, -0.2) is 23.1 Å². The molecule has 0 radical (unpaired) electrons. The molecule has 0 atom stereocenters. The Kier molecular flexibility index (Phi) is 4.69. The van der Waals surface area contributed by atoms with Crippen LogP contribution in [0.15, 0.2) is 18.7 Å². The lowest BCUT2D eigenvalue weighted by molar-refractivity contribution is 0.454. The minimum atomic E-state index is 0.155. The molecule has 0 fully saturated rings. The van der Waals surface area contributed by atoms with E-state index in [1.807, 2.05) is 12.4 Å². The molecule has 0 aliphatic heterocycles. The van der Waals surface area contributed by atoms with E-state index in [-0.39, 0.29) is 5.41 Å². The standard InChI is InChI=1S/C12H21N3/c1-4-6-13-7-5-12(2,3)11-8-14-10-15-9-11/h8-10,13H,4-7H2,1-3H3. The number of hydrogen-bond acceptors (Lipinski definition) is 3. The van der Waals surface area contributed by atoms with Crippen LogP contribution in [0.25, 0.3) is 0 Å². The third-order valence-corrected chi connectivity index (χ3v) is 2.70. The highest BCUT2D eigenvalue weighted by atomic mass is 14.8. The Hall–Kier alpha value is -0.960. The van der Waals surface area contributed by atoms with Crippen molar-refractivity contribution in [3.05, 3.63) is 24.3 Å². The van der Waals surface area contributed by atoms with E-state index < -0.39 is 0 Å². The summed E-state index contributed by atoms with van der Waals surface area (Å²) in [6.45, 7) is 8.80. The van der Waals surface area contributed by atoms with Gasteiger partial charge in [0.25, 0.3) is 0 Å². The van der Waals surface area contributed by atoms with Crippen LogP contribution in [0.4, 0.5) is 0 Å². The average molecular weight is 207 g/mol. The van der Waals surface area contributed by atoms with Crippen molar-refractivity contribution in [2.24, 2.45) is 0 Å². The molecule has 0 amide bonds. The summed E-state index contributed by atoms with van der Waals surface area (Å²) in [7, 11) is 0. The first-order valence-corrected chi connectivity index (χ1v) is 5.63. The van der Waals surface area contributed by atoms with E-state index in [1.165, 1.54) is 12.0 Å². The first-order valence-electron chi connectivity index (χ1n) is 5.63. The van der Waals surface area contributed by atoms with Gasteiger partial charge < -0.3 is 5.32 Å². The molecule has 1 heterocycles. The molecule has 1 aromatic heterocycles. The molecule has 0 aromatic carbocycles. The van der Waals surface area contributed by atoms with Crippen LogP contribution >= 0.6 is 0 Å². The monoisotopic (exact) mass is 207 g/mol. The zero-order chi connectivity index (χ0) is 11.1. The molecule has 0 saturated heterocycles. The molecule has 15 heavy (non-hydrogen) atoms. The Bertz CT molecular complexity index is 269. The molecule has 0 spiro atoms. The van der Waals surface area contributed by atoms with E-state index >= 15 is 0 Å². The van der Waals surface area contributed by atoms with Gasteiger partial charge in [-0.25, -0.2) is 9.97 Å². The molecule has 0 aliphatic rings. The summed E-state index contributed by atoms with van der Waals surface area (Å²) in [6, 6.07) is 0. The lowest BCUT2D eigenvalue weighted by Crippen LogP contribution is -2.26. The number of nitrogens with one attached hydrogen (secondary N) is 1. The van der Waals surface area contributed by atoms with Gasteiger partial charge in [0.1, 0.15) is 6.33 Å². The summed E-state index contributed by atoms with van der Waals surface area (Å²) >= 11 is 0. The second kappa shape index (κ2) is 5.81. The van der Waals surface area contributed by atoms with Gasteiger partial charge in [-0.3, -0.25) is 0 Å². The third-order valence-electron chi connectivity index (χ3n) is 2.70. The normalized spacial score (nSPS) is 11.7. The van der Waals surface area contributed by atoms with Crippen LogP contribution in [0, 0.1) is 0 Å². The maximum atomic E-state index is 4.06. The zero-order valence-corrected chi connectivity index (χ0v) is 9.95. The van der Waals surface area contributed by atoms with Crippen molar-refractivity contribution in [1.82, 2.24) is 15.3 Å². The largest absolute Gasteiger partial charge is 0.317 e. The van der Waals surface area contributed by atoms with Gasteiger partial charge in [-0.15, -0.1) is 0 Å². The van der Waals surface area contributed by atoms with Gasteiger partial charge in [0.15, 0.2) is 0 Å². The molecule has 0 saturated carbocycles. The number of hydrogen-bond donors (Lipinski definition) is 1. The molecule has 1 N–H and O–H groups in total. The summed E-state index contributed by atoms with van der Waals surface area (Å²) in [5.74, 6) is 0. The molecule has 1 rings (SSSR count). The van der Waals surface area contributed by atoms with Crippen LogP contribution in [0.5, 0.6) is 0 Å². The maximum absolute atomic E-state index is 4.06. The van der Waals surface area contributed by atoms with Crippen LogP contribution < -0.4 is 5.32 Å². The van der Waals surface area contributed by atoms with Crippen molar-refractivity contribution >= 4 is 0 Å². The Morgan fingerprint density at radius 1 is 1.20 bits per heavy atom. The predicted octanol–water partition coefficient (Wildman–Crippen LogP) is 2.14. The number of rotatable bonds is 6. The third kappa shape index (κ3) is 3.96. The average Bonchev–Trinajstić information content (AvgIpc) is 2.26. The molecule has 84 valence electrons. The highest BCUT2D eigenvalue weighted by molar-refractivity contribution is 5.15. The van der Waals surface area contributed by atoms with Gasteiger partial charge >= 0.3 is 0 Å². The fraction of sp³-hybridized carbons (Fsp3) is 0.667. The summed E-state index contributed by atoms with van der Waals surface area (Å²) in [6.07, 6.45) is 7.70. The lowest BCUT2D eigenvalue weighted by Gasteiger charge is -2.24. The second-order valence-corrected chi connectivity index (χ2v) is 4.51. The first-order chi connectivity index (χ1) is 7.17. The van der Waals surface area contributed by atoms with Crippen LogP contribution in [-0.2, 0) is 5.41 Å². The van der Waals surface area contributed by atoms with Crippen molar-refractivity contribution < 1.29 is 0 Å². The molecule has 3 nitrogen and oxygen atoms in total. The van der Waals surface area contributed by atoms with E-state index in [4.69, 9.17) is 0 Å². The van der Waals surface area contributed by atoms with Crippen molar-refractivity contribution in [3.8, 4) is 0 Å². The maximum Gasteiger partial charge on any atom is 0.115 e. The topological polar surface area (TPSA) is 37.8 Å².